The Hall–Kier alpha value is -2.80. The first kappa shape index (κ1) is 17.6. The van der Waals surface area contributed by atoms with Crippen LogP contribution in [-0.4, -0.2) is 20.1 Å². The SMILES string of the molecule is CCC1c2cccn2-c2ccc(F)cc2N1S(=O)(=O)c1cccc(OC)c1. The van der Waals surface area contributed by atoms with E-state index >= 15 is 0 Å². The number of nitrogens with zero attached hydrogens (tertiary/aromatic N) is 2. The molecule has 5 nitrogen and oxygen atoms in total. The first-order valence-electron chi connectivity index (χ1n) is 8.63. The highest BCUT2D eigenvalue weighted by atomic mass is 32.2. The summed E-state index contributed by atoms with van der Waals surface area (Å²) >= 11 is 0. The molecule has 0 spiro atoms. The molecule has 0 amide bonds. The zero-order valence-corrected chi connectivity index (χ0v) is 15.8. The van der Waals surface area contributed by atoms with Gasteiger partial charge in [0.2, 0.25) is 0 Å². The Morgan fingerprint density at radius 3 is 2.63 bits per heavy atom. The molecule has 3 aromatic rings. The summed E-state index contributed by atoms with van der Waals surface area (Å²) in [4.78, 5) is 0.107. The number of rotatable bonds is 4. The average molecular weight is 386 g/mol. The second-order valence-corrected chi connectivity index (χ2v) is 8.15. The number of hydrogen-bond acceptors (Lipinski definition) is 3. The highest BCUT2D eigenvalue weighted by molar-refractivity contribution is 7.92. The summed E-state index contributed by atoms with van der Waals surface area (Å²) in [5.41, 5.74) is 1.81. The maximum atomic E-state index is 14.1. The molecule has 0 radical (unpaired) electrons. The van der Waals surface area contributed by atoms with Crippen molar-refractivity contribution in [3.05, 3.63) is 72.3 Å². The Labute approximate surface area is 157 Å². The molecular formula is C20H19FN2O3S. The molecule has 1 atom stereocenters. The maximum absolute atomic E-state index is 14.1. The van der Waals surface area contributed by atoms with Gasteiger partial charge in [-0.1, -0.05) is 13.0 Å². The zero-order valence-electron chi connectivity index (χ0n) is 15.0. The molecule has 2 heterocycles. The fourth-order valence-electron chi connectivity index (χ4n) is 3.60. The summed E-state index contributed by atoms with van der Waals surface area (Å²) in [5.74, 6) is -0.0333. The quantitative estimate of drug-likeness (QED) is 0.672. The van der Waals surface area contributed by atoms with E-state index in [0.29, 0.717) is 23.5 Å². The van der Waals surface area contributed by atoms with Gasteiger partial charge in [-0.3, -0.25) is 4.31 Å². The van der Waals surface area contributed by atoms with Gasteiger partial charge in [0.1, 0.15) is 11.6 Å². The van der Waals surface area contributed by atoms with Crippen LogP contribution < -0.4 is 9.04 Å². The van der Waals surface area contributed by atoms with Crippen LogP contribution in [0.5, 0.6) is 5.75 Å². The molecule has 4 rings (SSSR count). The van der Waals surface area contributed by atoms with Crippen molar-refractivity contribution in [3.63, 3.8) is 0 Å². The highest BCUT2D eigenvalue weighted by Gasteiger charge is 2.38. The van der Waals surface area contributed by atoms with Crippen LogP contribution in [0.25, 0.3) is 5.69 Å². The van der Waals surface area contributed by atoms with Gasteiger partial charge in [-0.25, -0.2) is 12.8 Å². The van der Waals surface area contributed by atoms with Gasteiger partial charge in [0, 0.05) is 24.0 Å². The standard InChI is InChI=1S/C20H19FN2O3S/c1-3-17-18-8-5-11-22(18)19-10-9-14(21)12-20(19)23(17)27(24,25)16-7-4-6-15(13-16)26-2/h4-13,17H,3H2,1-2H3. The molecule has 0 bridgehead atoms. The number of ether oxygens (including phenoxy) is 1. The predicted molar refractivity (Wildman–Crippen MR) is 101 cm³/mol. The Bertz CT molecular complexity index is 1110. The summed E-state index contributed by atoms with van der Waals surface area (Å²) in [6.45, 7) is 1.92. The summed E-state index contributed by atoms with van der Waals surface area (Å²) in [7, 11) is -2.45. The molecule has 7 heteroatoms. The van der Waals surface area contributed by atoms with Gasteiger partial charge >= 0.3 is 0 Å². The first-order valence-corrected chi connectivity index (χ1v) is 10.1. The molecule has 27 heavy (non-hydrogen) atoms. The van der Waals surface area contributed by atoms with Gasteiger partial charge in [0.25, 0.3) is 10.0 Å². The Morgan fingerprint density at radius 2 is 1.89 bits per heavy atom. The van der Waals surface area contributed by atoms with Crippen LogP contribution in [0.1, 0.15) is 25.1 Å². The van der Waals surface area contributed by atoms with Crippen LogP contribution in [0.3, 0.4) is 0 Å². The van der Waals surface area contributed by atoms with Crippen molar-refractivity contribution < 1.29 is 17.5 Å². The van der Waals surface area contributed by atoms with E-state index in [1.807, 2.05) is 29.8 Å². The molecule has 0 fully saturated rings. The molecule has 0 N–H and O–H groups in total. The van der Waals surface area contributed by atoms with Crippen molar-refractivity contribution in [1.82, 2.24) is 4.57 Å². The van der Waals surface area contributed by atoms with Gasteiger partial charge < -0.3 is 9.30 Å². The molecule has 140 valence electrons. The molecule has 1 unspecified atom stereocenters. The Kier molecular flexibility index (Phi) is 4.19. The Morgan fingerprint density at radius 1 is 1.07 bits per heavy atom. The topological polar surface area (TPSA) is 51.5 Å². The van der Waals surface area contributed by atoms with Crippen molar-refractivity contribution in [1.29, 1.82) is 0 Å². The van der Waals surface area contributed by atoms with E-state index in [9.17, 15) is 12.8 Å². The smallest absolute Gasteiger partial charge is 0.265 e. The third-order valence-corrected chi connectivity index (χ3v) is 6.64. The number of sulfonamides is 1. The lowest BCUT2D eigenvalue weighted by Gasteiger charge is -2.38. The van der Waals surface area contributed by atoms with Crippen molar-refractivity contribution in [2.45, 2.75) is 24.3 Å². The minimum atomic E-state index is -3.93. The summed E-state index contributed by atoms with van der Waals surface area (Å²) in [6, 6.07) is 13.9. The third kappa shape index (κ3) is 2.70. The zero-order chi connectivity index (χ0) is 19.2. The number of anilines is 1. The Balaban J connectivity index is 1.97. The number of hydrogen-bond donors (Lipinski definition) is 0. The van der Waals surface area contributed by atoms with E-state index in [2.05, 4.69) is 0 Å². The summed E-state index contributed by atoms with van der Waals surface area (Å²) < 4.78 is 49.6. The first-order chi connectivity index (χ1) is 13.0. The second-order valence-electron chi connectivity index (χ2n) is 6.34. The van der Waals surface area contributed by atoms with Crippen LogP contribution >= 0.6 is 0 Å². The maximum Gasteiger partial charge on any atom is 0.265 e. The second kappa shape index (κ2) is 6.42. The number of aromatic nitrogens is 1. The van der Waals surface area contributed by atoms with E-state index in [-0.39, 0.29) is 4.90 Å². The molecule has 0 aliphatic carbocycles. The fourth-order valence-corrected chi connectivity index (χ4v) is 5.34. The van der Waals surface area contributed by atoms with Crippen molar-refractivity contribution in [2.75, 3.05) is 11.4 Å². The molecule has 1 aromatic heterocycles. The lowest BCUT2D eigenvalue weighted by atomic mass is 10.1. The number of fused-ring (bicyclic) bond motifs is 3. The van der Waals surface area contributed by atoms with Crippen molar-refractivity contribution >= 4 is 15.7 Å². The van der Waals surface area contributed by atoms with Gasteiger partial charge in [-0.2, -0.15) is 0 Å². The minimum absolute atomic E-state index is 0.107. The largest absolute Gasteiger partial charge is 0.497 e. The fraction of sp³-hybridized carbons (Fsp3) is 0.200. The van der Waals surface area contributed by atoms with E-state index in [0.717, 1.165) is 5.69 Å². The van der Waals surface area contributed by atoms with Crippen molar-refractivity contribution in [2.24, 2.45) is 0 Å². The van der Waals surface area contributed by atoms with Crippen molar-refractivity contribution in [3.8, 4) is 11.4 Å². The third-order valence-electron chi connectivity index (χ3n) is 4.82. The van der Waals surface area contributed by atoms with Gasteiger partial charge in [-0.05, 0) is 42.8 Å². The van der Waals surface area contributed by atoms with Crippen LogP contribution in [-0.2, 0) is 10.0 Å². The van der Waals surface area contributed by atoms with Crippen LogP contribution in [0.15, 0.2) is 65.7 Å². The highest BCUT2D eigenvalue weighted by Crippen LogP contribution is 2.44. The van der Waals surface area contributed by atoms with Gasteiger partial charge in [0.05, 0.1) is 29.4 Å². The number of benzene rings is 2. The van der Waals surface area contributed by atoms with Gasteiger partial charge in [-0.15, -0.1) is 0 Å². The van der Waals surface area contributed by atoms with E-state index in [1.54, 1.807) is 18.2 Å². The molecule has 1 aliphatic heterocycles. The summed E-state index contributed by atoms with van der Waals surface area (Å²) in [5, 5.41) is 0. The average Bonchev–Trinajstić information content (AvgIpc) is 3.16. The lowest BCUT2D eigenvalue weighted by Crippen LogP contribution is -2.39. The normalized spacial score (nSPS) is 16.0. The van der Waals surface area contributed by atoms with Crippen LogP contribution in [0.4, 0.5) is 10.1 Å². The van der Waals surface area contributed by atoms with E-state index in [4.69, 9.17) is 4.74 Å². The number of methoxy groups -OCH3 is 1. The summed E-state index contributed by atoms with van der Waals surface area (Å²) in [6.07, 6.45) is 2.41. The van der Waals surface area contributed by atoms with Crippen LogP contribution in [0.2, 0.25) is 0 Å². The van der Waals surface area contributed by atoms with E-state index in [1.165, 1.54) is 35.7 Å². The van der Waals surface area contributed by atoms with Gasteiger partial charge in [0.15, 0.2) is 0 Å². The predicted octanol–water partition coefficient (Wildman–Crippen LogP) is 4.29. The minimum Gasteiger partial charge on any atom is -0.497 e. The molecule has 0 saturated heterocycles. The van der Waals surface area contributed by atoms with Crippen LogP contribution in [0, 0.1) is 5.82 Å². The molecular weight excluding hydrogens is 367 g/mol. The molecule has 1 aliphatic rings. The number of halogens is 1. The monoisotopic (exact) mass is 386 g/mol. The molecule has 0 saturated carbocycles. The molecule has 2 aromatic carbocycles. The van der Waals surface area contributed by atoms with E-state index < -0.39 is 21.9 Å². The lowest BCUT2D eigenvalue weighted by molar-refractivity contribution is 0.413.